The molecule has 3 heteroatoms. The summed E-state index contributed by atoms with van der Waals surface area (Å²) in [5.41, 5.74) is 3.82. The summed E-state index contributed by atoms with van der Waals surface area (Å²) in [5.74, 6) is 0.911. The Morgan fingerprint density at radius 2 is 1.94 bits per heavy atom. The van der Waals surface area contributed by atoms with E-state index in [0.717, 1.165) is 5.75 Å². The molecule has 1 fully saturated rings. The van der Waals surface area contributed by atoms with Gasteiger partial charge in [-0.1, -0.05) is 0 Å². The molecule has 3 rings (SSSR count). The third-order valence-corrected chi connectivity index (χ3v) is 3.83. The van der Waals surface area contributed by atoms with E-state index in [2.05, 4.69) is 28.9 Å². The molecule has 1 saturated heterocycles. The van der Waals surface area contributed by atoms with E-state index in [0.29, 0.717) is 0 Å². The number of aromatic nitrogens is 1. The zero-order chi connectivity index (χ0) is 12.5. The van der Waals surface area contributed by atoms with Gasteiger partial charge in [0.05, 0.1) is 18.3 Å². The summed E-state index contributed by atoms with van der Waals surface area (Å²) in [6, 6.07) is 6.29. The van der Waals surface area contributed by atoms with Crippen molar-refractivity contribution in [1.29, 1.82) is 0 Å². The van der Waals surface area contributed by atoms with Crippen molar-refractivity contribution in [3.05, 3.63) is 23.9 Å². The lowest BCUT2D eigenvalue weighted by atomic mass is 10.1. The van der Waals surface area contributed by atoms with Crippen molar-refractivity contribution < 1.29 is 4.74 Å². The molecule has 0 saturated carbocycles. The number of rotatable bonds is 2. The molecule has 96 valence electrons. The van der Waals surface area contributed by atoms with Crippen molar-refractivity contribution in [2.75, 3.05) is 25.1 Å². The molecule has 0 atom stereocenters. The second-order valence-electron chi connectivity index (χ2n) is 5.06. The number of H-pyrrole nitrogens is 1. The minimum atomic E-state index is 0.911. The average molecular weight is 244 g/mol. The van der Waals surface area contributed by atoms with Crippen LogP contribution in [0.1, 0.15) is 25.0 Å². The molecule has 1 aromatic heterocycles. The number of methoxy groups -OCH3 is 1. The molecule has 2 aromatic rings. The van der Waals surface area contributed by atoms with Gasteiger partial charge in [-0.2, -0.15) is 0 Å². The fourth-order valence-electron chi connectivity index (χ4n) is 2.95. The van der Waals surface area contributed by atoms with Gasteiger partial charge in [-0.05, 0) is 38.3 Å². The molecule has 2 heterocycles. The van der Waals surface area contributed by atoms with Crippen molar-refractivity contribution >= 4 is 16.6 Å². The molecule has 1 N–H and O–H groups in total. The van der Waals surface area contributed by atoms with Crippen LogP contribution in [0.15, 0.2) is 18.2 Å². The number of nitrogens with one attached hydrogen (secondary N) is 1. The van der Waals surface area contributed by atoms with Crippen molar-refractivity contribution in [1.82, 2.24) is 4.98 Å². The van der Waals surface area contributed by atoms with Crippen LogP contribution in [0.25, 0.3) is 10.9 Å². The lowest BCUT2D eigenvalue weighted by Gasteiger charge is -2.29. The van der Waals surface area contributed by atoms with Gasteiger partial charge in [-0.15, -0.1) is 0 Å². The number of aromatic amines is 1. The number of hydrogen-bond acceptors (Lipinski definition) is 2. The first-order chi connectivity index (χ1) is 8.79. The molecule has 0 aliphatic carbocycles. The first-order valence-corrected chi connectivity index (χ1v) is 6.71. The highest BCUT2D eigenvalue weighted by molar-refractivity contribution is 5.95. The Kier molecular flexibility index (Phi) is 2.90. The van der Waals surface area contributed by atoms with Crippen LogP contribution in [0.3, 0.4) is 0 Å². The highest BCUT2D eigenvalue weighted by Gasteiger charge is 2.17. The predicted octanol–water partition coefficient (Wildman–Crippen LogP) is 3.48. The second-order valence-corrected chi connectivity index (χ2v) is 5.06. The van der Waals surface area contributed by atoms with Gasteiger partial charge in [0.1, 0.15) is 5.75 Å². The normalized spacial score (nSPS) is 16.2. The molecule has 1 aliphatic heterocycles. The highest BCUT2D eigenvalue weighted by atomic mass is 16.5. The Morgan fingerprint density at radius 1 is 1.17 bits per heavy atom. The Balaban J connectivity index is 2.07. The fraction of sp³-hybridized carbons (Fsp3) is 0.467. The lowest BCUT2D eigenvalue weighted by Crippen LogP contribution is -2.29. The molecule has 18 heavy (non-hydrogen) atoms. The molecule has 1 aliphatic rings. The van der Waals surface area contributed by atoms with E-state index in [1.54, 1.807) is 7.11 Å². The first-order valence-electron chi connectivity index (χ1n) is 6.71. The number of piperidine rings is 1. The topological polar surface area (TPSA) is 28.3 Å². The van der Waals surface area contributed by atoms with Gasteiger partial charge in [0.15, 0.2) is 0 Å². The molecule has 0 unspecified atom stereocenters. The van der Waals surface area contributed by atoms with Gasteiger partial charge < -0.3 is 14.6 Å². The van der Waals surface area contributed by atoms with Crippen molar-refractivity contribution in [2.24, 2.45) is 0 Å². The third-order valence-electron chi connectivity index (χ3n) is 3.83. The van der Waals surface area contributed by atoms with Crippen LogP contribution in [0, 0.1) is 6.92 Å². The number of ether oxygens (including phenoxy) is 1. The average Bonchev–Trinajstić information content (AvgIpc) is 2.74. The van der Waals surface area contributed by atoms with E-state index in [1.807, 2.05) is 6.07 Å². The monoisotopic (exact) mass is 244 g/mol. The quantitative estimate of drug-likeness (QED) is 0.876. The first kappa shape index (κ1) is 11.5. The predicted molar refractivity (Wildman–Crippen MR) is 75.7 cm³/mol. The summed E-state index contributed by atoms with van der Waals surface area (Å²) in [4.78, 5) is 6.00. The molecular formula is C15H20N2O. The zero-order valence-electron chi connectivity index (χ0n) is 11.1. The maximum Gasteiger partial charge on any atom is 0.120 e. The second kappa shape index (κ2) is 4.56. The van der Waals surface area contributed by atoms with Crippen molar-refractivity contribution in [3.63, 3.8) is 0 Å². The van der Waals surface area contributed by atoms with Crippen LogP contribution < -0.4 is 9.64 Å². The van der Waals surface area contributed by atoms with E-state index in [4.69, 9.17) is 4.74 Å². The van der Waals surface area contributed by atoms with E-state index >= 15 is 0 Å². The third kappa shape index (κ3) is 1.84. The van der Waals surface area contributed by atoms with Crippen LogP contribution in [-0.4, -0.2) is 25.2 Å². The maximum atomic E-state index is 5.28. The molecule has 0 bridgehead atoms. The van der Waals surface area contributed by atoms with E-state index < -0.39 is 0 Å². The summed E-state index contributed by atoms with van der Waals surface area (Å²) in [7, 11) is 1.71. The number of nitrogens with zero attached hydrogens (tertiary/aromatic N) is 1. The molecule has 0 amide bonds. The Bertz CT molecular complexity index is 553. The van der Waals surface area contributed by atoms with Crippen LogP contribution in [0.2, 0.25) is 0 Å². The molecule has 3 nitrogen and oxygen atoms in total. The molecule has 1 aromatic carbocycles. The van der Waals surface area contributed by atoms with E-state index in [9.17, 15) is 0 Å². The molecule has 0 spiro atoms. The lowest BCUT2D eigenvalue weighted by molar-refractivity contribution is 0.415. The van der Waals surface area contributed by atoms with Crippen LogP contribution in [-0.2, 0) is 0 Å². The summed E-state index contributed by atoms with van der Waals surface area (Å²) in [6.07, 6.45) is 3.98. The molecule has 0 radical (unpaired) electrons. The van der Waals surface area contributed by atoms with E-state index in [1.165, 1.54) is 54.6 Å². The summed E-state index contributed by atoms with van der Waals surface area (Å²) in [6.45, 7) is 4.52. The standard InChI is InChI=1S/C15H20N2O/c1-11-15(17-8-4-3-5-9-17)13-7-6-12(18-2)10-14(13)16-11/h6-7,10,16H,3-5,8-9H2,1-2H3. The number of fused-ring (bicyclic) bond motifs is 1. The largest absolute Gasteiger partial charge is 0.497 e. The number of benzene rings is 1. The van der Waals surface area contributed by atoms with Crippen LogP contribution >= 0.6 is 0 Å². The minimum Gasteiger partial charge on any atom is -0.497 e. The fourth-order valence-corrected chi connectivity index (χ4v) is 2.95. The van der Waals surface area contributed by atoms with Gasteiger partial charge in [0, 0.05) is 30.2 Å². The Hall–Kier alpha value is -1.64. The van der Waals surface area contributed by atoms with Crippen molar-refractivity contribution in [3.8, 4) is 5.75 Å². The zero-order valence-corrected chi connectivity index (χ0v) is 11.1. The SMILES string of the molecule is COc1ccc2c(N3CCCCC3)c(C)[nH]c2c1. The highest BCUT2D eigenvalue weighted by Crippen LogP contribution is 2.34. The van der Waals surface area contributed by atoms with Crippen molar-refractivity contribution in [2.45, 2.75) is 26.2 Å². The summed E-state index contributed by atoms with van der Waals surface area (Å²) < 4.78 is 5.28. The number of anilines is 1. The summed E-state index contributed by atoms with van der Waals surface area (Å²) in [5, 5.41) is 1.32. The Morgan fingerprint density at radius 3 is 2.67 bits per heavy atom. The van der Waals surface area contributed by atoms with Crippen LogP contribution in [0.4, 0.5) is 5.69 Å². The number of hydrogen-bond donors (Lipinski definition) is 1. The van der Waals surface area contributed by atoms with Crippen LogP contribution in [0.5, 0.6) is 5.75 Å². The van der Waals surface area contributed by atoms with Gasteiger partial charge in [0.2, 0.25) is 0 Å². The van der Waals surface area contributed by atoms with Gasteiger partial charge in [0.25, 0.3) is 0 Å². The smallest absolute Gasteiger partial charge is 0.120 e. The van der Waals surface area contributed by atoms with Gasteiger partial charge in [-0.25, -0.2) is 0 Å². The molecular weight excluding hydrogens is 224 g/mol. The van der Waals surface area contributed by atoms with Gasteiger partial charge >= 0.3 is 0 Å². The summed E-state index contributed by atoms with van der Waals surface area (Å²) >= 11 is 0. The number of aryl methyl sites for hydroxylation is 1. The van der Waals surface area contributed by atoms with E-state index in [-0.39, 0.29) is 0 Å². The van der Waals surface area contributed by atoms with Gasteiger partial charge in [-0.3, -0.25) is 0 Å². The maximum absolute atomic E-state index is 5.28. The minimum absolute atomic E-state index is 0.911. The Labute approximate surface area is 108 Å².